The third-order valence-electron chi connectivity index (χ3n) is 7.11. The van der Waals surface area contributed by atoms with E-state index in [0.29, 0.717) is 36.2 Å². The minimum absolute atomic E-state index is 0.116. The van der Waals surface area contributed by atoms with Crippen LogP contribution >= 0.6 is 23.2 Å². The third-order valence-corrected chi connectivity index (χ3v) is 7.58. The molecule has 1 aliphatic rings. The number of nitrogens with two attached hydrogens (primary N) is 1. The predicted octanol–water partition coefficient (Wildman–Crippen LogP) is 2.80. The van der Waals surface area contributed by atoms with Gasteiger partial charge in [-0.15, -0.1) is 11.6 Å². The summed E-state index contributed by atoms with van der Waals surface area (Å²) in [6.07, 6.45) is 5.20. The van der Waals surface area contributed by atoms with Crippen LogP contribution in [-0.4, -0.2) is 100 Å². The Balaban J connectivity index is 1.64. The predicted molar refractivity (Wildman–Crippen MR) is 158 cm³/mol. The van der Waals surface area contributed by atoms with E-state index in [1.165, 1.54) is 6.20 Å². The van der Waals surface area contributed by atoms with Crippen LogP contribution in [0.3, 0.4) is 0 Å². The van der Waals surface area contributed by atoms with Gasteiger partial charge in [0, 0.05) is 45.3 Å². The van der Waals surface area contributed by atoms with Gasteiger partial charge in [-0.2, -0.15) is 0 Å². The summed E-state index contributed by atoms with van der Waals surface area (Å²) in [5.41, 5.74) is 7.05. The van der Waals surface area contributed by atoms with Crippen LogP contribution in [0.4, 0.5) is 11.6 Å². The van der Waals surface area contributed by atoms with E-state index in [4.69, 9.17) is 34.0 Å². The van der Waals surface area contributed by atoms with Crippen molar-refractivity contribution in [3.05, 3.63) is 40.4 Å². The van der Waals surface area contributed by atoms with Gasteiger partial charge >= 0.3 is 0 Å². The number of anilines is 2. The summed E-state index contributed by atoms with van der Waals surface area (Å²) in [5.74, 6) is 0.461. The maximum atomic E-state index is 13.0. The molecule has 220 valence electrons. The molecule has 1 saturated heterocycles. The molecule has 13 heteroatoms. The van der Waals surface area contributed by atoms with Gasteiger partial charge in [0.1, 0.15) is 16.7 Å². The summed E-state index contributed by atoms with van der Waals surface area (Å²) in [5, 5.41) is 11.8. The minimum atomic E-state index is -0.392. The molecule has 3 heterocycles. The van der Waals surface area contributed by atoms with Crippen molar-refractivity contribution in [1.29, 1.82) is 0 Å². The summed E-state index contributed by atoms with van der Waals surface area (Å²) in [6, 6.07) is 3.56. The fourth-order valence-electron chi connectivity index (χ4n) is 4.90. The molecule has 3 rings (SSSR count). The lowest BCUT2D eigenvalue weighted by molar-refractivity contribution is 0.0628. The zero-order valence-corrected chi connectivity index (χ0v) is 24.8. The number of nitrogens with zero attached hydrogens (tertiary/aromatic N) is 6. The fourth-order valence-corrected chi connectivity index (χ4v) is 5.23. The number of rotatable bonds is 14. The van der Waals surface area contributed by atoms with E-state index in [-0.39, 0.29) is 41.6 Å². The molecule has 2 aromatic heterocycles. The number of piperidine rings is 1. The first-order chi connectivity index (χ1) is 19.3. The molecule has 0 aromatic carbocycles. The lowest BCUT2D eigenvalue weighted by Gasteiger charge is -2.39. The Labute approximate surface area is 246 Å². The number of unbranched alkanes of at least 4 members (excludes halogenated alkanes) is 1. The molecule has 0 spiro atoms. The molecular formula is C27H40Cl2N8O3. The zero-order chi connectivity index (χ0) is 29.1. The Bertz CT molecular complexity index is 1130. The highest BCUT2D eigenvalue weighted by Crippen LogP contribution is 2.23. The number of carbonyl (C=O) groups excluding carboxylic acids is 2. The third kappa shape index (κ3) is 8.39. The number of aliphatic hydroxyl groups excluding tert-OH is 1. The standard InChI is InChI=1S/C27H40Cl2N8O3/c1-3-5-11-36(25-21(17-28)33-22(18-32-25)26(39)31-10-16-38)15-14-35(4-2)19-8-12-37(13-9-19)27(40)20-6-7-23(29)34-24(20)30/h6-7,18-19,38H,3-5,8-17H2,1-2H3,(H2,30,34)(H,31,39). The number of alkyl halides is 1. The van der Waals surface area contributed by atoms with E-state index in [1.54, 1.807) is 12.1 Å². The van der Waals surface area contributed by atoms with Crippen molar-refractivity contribution in [3.63, 3.8) is 0 Å². The first-order valence-corrected chi connectivity index (χ1v) is 14.7. The molecule has 1 fully saturated rings. The largest absolute Gasteiger partial charge is 0.395 e. The number of aromatic nitrogens is 3. The van der Waals surface area contributed by atoms with Gasteiger partial charge in [-0.25, -0.2) is 15.0 Å². The van der Waals surface area contributed by atoms with Crippen molar-refractivity contribution in [2.45, 2.75) is 51.5 Å². The number of halogens is 2. The molecule has 11 nitrogen and oxygen atoms in total. The van der Waals surface area contributed by atoms with Gasteiger partial charge in [-0.05, 0) is 37.9 Å². The van der Waals surface area contributed by atoms with Crippen molar-refractivity contribution in [3.8, 4) is 0 Å². The van der Waals surface area contributed by atoms with Crippen LogP contribution in [0.5, 0.6) is 0 Å². The molecule has 1 aliphatic heterocycles. The SMILES string of the molecule is CCCCN(CCN(CC)C1CCN(C(=O)c2ccc(Cl)nc2N)CC1)c1ncc(C(=O)NCCO)nc1CCl. The number of amides is 2. The Morgan fingerprint density at radius 1 is 1.18 bits per heavy atom. The Morgan fingerprint density at radius 3 is 2.55 bits per heavy atom. The maximum absolute atomic E-state index is 13.0. The summed E-state index contributed by atoms with van der Waals surface area (Å²) in [4.78, 5) is 44.9. The van der Waals surface area contributed by atoms with Gasteiger partial charge in [0.15, 0.2) is 5.82 Å². The number of aliphatic hydroxyl groups is 1. The van der Waals surface area contributed by atoms with E-state index in [1.807, 2.05) is 4.90 Å². The Kier molecular flexibility index (Phi) is 12.6. The second-order valence-electron chi connectivity index (χ2n) is 9.70. The molecule has 0 atom stereocenters. The highest BCUT2D eigenvalue weighted by molar-refractivity contribution is 6.29. The summed E-state index contributed by atoms with van der Waals surface area (Å²) in [6.45, 7) is 8.80. The molecule has 0 radical (unpaired) electrons. The Morgan fingerprint density at radius 2 is 1.93 bits per heavy atom. The molecule has 0 unspecified atom stereocenters. The zero-order valence-electron chi connectivity index (χ0n) is 23.3. The van der Waals surface area contributed by atoms with Gasteiger partial charge in [0.2, 0.25) is 0 Å². The topological polar surface area (TPSA) is 141 Å². The summed E-state index contributed by atoms with van der Waals surface area (Å²) >= 11 is 12.1. The average Bonchev–Trinajstić information content (AvgIpc) is 2.97. The van der Waals surface area contributed by atoms with E-state index < -0.39 is 5.91 Å². The van der Waals surface area contributed by atoms with Crippen LogP contribution in [0.1, 0.15) is 66.1 Å². The van der Waals surface area contributed by atoms with Crippen molar-refractivity contribution < 1.29 is 14.7 Å². The van der Waals surface area contributed by atoms with Gasteiger partial charge in [-0.1, -0.05) is 31.9 Å². The molecule has 2 aromatic rings. The second kappa shape index (κ2) is 15.9. The van der Waals surface area contributed by atoms with Crippen molar-refractivity contribution in [2.24, 2.45) is 0 Å². The van der Waals surface area contributed by atoms with E-state index in [0.717, 1.165) is 51.9 Å². The number of nitrogens with one attached hydrogen (secondary N) is 1. The number of likely N-dealkylation sites (tertiary alicyclic amines) is 1. The van der Waals surface area contributed by atoms with Crippen molar-refractivity contribution >= 4 is 46.7 Å². The highest BCUT2D eigenvalue weighted by Gasteiger charge is 2.28. The van der Waals surface area contributed by atoms with E-state index in [2.05, 4.69) is 43.9 Å². The van der Waals surface area contributed by atoms with Crippen LogP contribution in [0.25, 0.3) is 0 Å². The van der Waals surface area contributed by atoms with E-state index >= 15 is 0 Å². The number of nitrogen functional groups attached to an aromatic ring is 1. The highest BCUT2D eigenvalue weighted by atomic mass is 35.5. The Hall–Kier alpha value is -2.73. The van der Waals surface area contributed by atoms with Crippen LogP contribution in [0.2, 0.25) is 5.15 Å². The number of likely N-dealkylation sites (N-methyl/N-ethyl adjacent to an activating group) is 1. The fraction of sp³-hybridized carbons (Fsp3) is 0.593. The van der Waals surface area contributed by atoms with Crippen molar-refractivity contribution in [1.82, 2.24) is 30.1 Å². The summed E-state index contributed by atoms with van der Waals surface area (Å²) < 4.78 is 0. The minimum Gasteiger partial charge on any atom is -0.395 e. The van der Waals surface area contributed by atoms with Gasteiger partial charge in [0.25, 0.3) is 11.8 Å². The van der Waals surface area contributed by atoms with Gasteiger partial charge < -0.3 is 26.0 Å². The van der Waals surface area contributed by atoms with Crippen LogP contribution in [0, 0.1) is 0 Å². The first kappa shape index (κ1) is 31.8. The maximum Gasteiger partial charge on any atom is 0.271 e. The van der Waals surface area contributed by atoms with Gasteiger partial charge in [-0.3, -0.25) is 14.5 Å². The number of hydrogen-bond donors (Lipinski definition) is 3. The molecule has 2 amide bonds. The molecule has 0 saturated carbocycles. The van der Waals surface area contributed by atoms with E-state index in [9.17, 15) is 9.59 Å². The lowest BCUT2D eigenvalue weighted by atomic mass is 10.0. The molecule has 40 heavy (non-hydrogen) atoms. The number of carbonyl (C=O) groups is 2. The summed E-state index contributed by atoms with van der Waals surface area (Å²) in [7, 11) is 0. The lowest BCUT2D eigenvalue weighted by Crippen LogP contribution is -2.48. The van der Waals surface area contributed by atoms with Crippen LogP contribution in [-0.2, 0) is 5.88 Å². The van der Waals surface area contributed by atoms with Crippen LogP contribution in [0.15, 0.2) is 18.3 Å². The normalized spacial score (nSPS) is 14.0. The molecule has 0 aliphatic carbocycles. The molecule has 4 N–H and O–H groups in total. The number of pyridine rings is 1. The first-order valence-electron chi connectivity index (χ1n) is 13.8. The van der Waals surface area contributed by atoms with Gasteiger partial charge in [0.05, 0.1) is 29.9 Å². The molecular weight excluding hydrogens is 555 g/mol. The molecule has 0 bridgehead atoms. The monoisotopic (exact) mass is 594 g/mol. The second-order valence-corrected chi connectivity index (χ2v) is 10.4. The smallest absolute Gasteiger partial charge is 0.271 e. The van der Waals surface area contributed by atoms with Crippen LogP contribution < -0.4 is 16.0 Å². The quantitative estimate of drug-likeness (QED) is 0.222. The van der Waals surface area contributed by atoms with Crippen molar-refractivity contribution in [2.75, 3.05) is 63.1 Å². The number of hydrogen-bond acceptors (Lipinski definition) is 9. The average molecular weight is 596 g/mol.